The molecule has 6 nitrogen and oxygen atoms in total. The molecule has 0 bridgehead atoms. The van der Waals surface area contributed by atoms with Gasteiger partial charge in [-0.05, 0) is 30.2 Å². The van der Waals surface area contributed by atoms with Crippen molar-refractivity contribution in [2.45, 2.75) is 18.9 Å². The molecular weight excluding hydrogens is 250 g/mol. The number of aliphatic hydroxyl groups excluding tert-OH is 2. The summed E-state index contributed by atoms with van der Waals surface area (Å²) in [5, 5.41) is 27.2. The Morgan fingerprint density at radius 1 is 1.37 bits per heavy atom. The van der Waals surface area contributed by atoms with E-state index in [1.54, 1.807) is 12.1 Å². The van der Waals surface area contributed by atoms with Gasteiger partial charge in [-0.25, -0.2) is 4.79 Å². The maximum Gasteiger partial charge on any atom is 0.335 e. The van der Waals surface area contributed by atoms with Crippen molar-refractivity contribution in [3.8, 4) is 0 Å². The Kier molecular flexibility index (Phi) is 3.82. The number of rotatable bonds is 4. The first-order chi connectivity index (χ1) is 9.02. The molecule has 0 radical (unpaired) electrons. The molecule has 1 amide bonds. The fourth-order valence-electron chi connectivity index (χ4n) is 2.16. The van der Waals surface area contributed by atoms with E-state index in [2.05, 4.69) is 0 Å². The Morgan fingerprint density at radius 3 is 2.74 bits per heavy atom. The molecule has 1 aromatic carbocycles. The SMILES string of the molecule is O=C(O)c1ccc2c(c1)CCC(=O)N2CC(O)CO. The van der Waals surface area contributed by atoms with Gasteiger partial charge in [-0.1, -0.05) is 0 Å². The number of carboxylic acids is 1. The molecule has 1 aromatic rings. The molecule has 102 valence electrons. The van der Waals surface area contributed by atoms with Gasteiger partial charge in [0.15, 0.2) is 0 Å². The molecule has 3 N–H and O–H groups in total. The van der Waals surface area contributed by atoms with E-state index in [0.29, 0.717) is 12.1 Å². The Bertz CT molecular complexity index is 514. The quantitative estimate of drug-likeness (QED) is 0.712. The molecule has 1 atom stereocenters. The van der Waals surface area contributed by atoms with Crippen LogP contribution in [0.3, 0.4) is 0 Å². The molecule has 0 aromatic heterocycles. The first kappa shape index (κ1) is 13.5. The normalized spacial score (nSPS) is 16.1. The zero-order valence-electron chi connectivity index (χ0n) is 10.2. The van der Waals surface area contributed by atoms with Gasteiger partial charge in [-0.2, -0.15) is 0 Å². The number of benzene rings is 1. The number of carbonyl (C=O) groups is 2. The third-order valence-electron chi connectivity index (χ3n) is 3.13. The average molecular weight is 265 g/mol. The fraction of sp³-hybridized carbons (Fsp3) is 0.385. The van der Waals surface area contributed by atoms with Gasteiger partial charge >= 0.3 is 5.97 Å². The Labute approximate surface area is 109 Å². The first-order valence-corrected chi connectivity index (χ1v) is 5.98. The zero-order valence-corrected chi connectivity index (χ0v) is 10.2. The van der Waals surface area contributed by atoms with Crippen LogP contribution in [0.5, 0.6) is 0 Å². The van der Waals surface area contributed by atoms with Crippen LogP contribution < -0.4 is 4.90 Å². The molecule has 1 aliphatic heterocycles. The summed E-state index contributed by atoms with van der Waals surface area (Å²) in [5.41, 5.74) is 1.55. The highest BCUT2D eigenvalue weighted by Crippen LogP contribution is 2.29. The van der Waals surface area contributed by atoms with Crippen LogP contribution in [0.1, 0.15) is 22.3 Å². The van der Waals surface area contributed by atoms with Gasteiger partial charge in [0.25, 0.3) is 0 Å². The number of carbonyl (C=O) groups excluding carboxylic acids is 1. The highest BCUT2D eigenvalue weighted by molar-refractivity contribution is 5.97. The number of fused-ring (bicyclic) bond motifs is 1. The van der Waals surface area contributed by atoms with Crippen LogP contribution in [-0.2, 0) is 11.2 Å². The number of aryl methyl sites for hydroxylation is 1. The monoisotopic (exact) mass is 265 g/mol. The van der Waals surface area contributed by atoms with E-state index in [1.165, 1.54) is 11.0 Å². The average Bonchev–Trinajstić information content (AvgIpc) is 2.41. The van der Waals surface area contributed by atoms with Crippen LogP contribution in [0, 0.1) is 0 Å². The van der Waals surface area contributed by atoms with Crippen LogP contribution in [0.4, 0.5) is 5.69 Å². The van der Waals surface area contributed by atoms with Crippen LogP contribution in [0.15, 0.2) is 18.2 Å². The van der Waals surface area contributed by atoms with Crippen molar-refractivity contribution in [2.75, 3.05) is 18.1 Å². The molecule has 0 saturated carbocycles. The summed E-state index contributed by atoms with van der Waals surface area (Å²) in [4.78, 5) is 24.1. The standard InChI is InChI=1S/C13H15NO5/c15-7-10(16)6-14-11-3-1-9(13(18)19)5-8(11)2-4-12(14)17/h1,3,5,10,15-16H,2,4,6-7H2,(H,18,19). The maximum atomic E-state index is 11.8. The predicted octanol–water partition coefficient (Wildman–Crippen LogP) is 0.0172. The second-order valence-electron chi connectivity index (χ2n) is 4.49. The van der Waals surface area contributed by atoms with Gasteiger partial charge in [0.1, 0.15) is 0 Å². The van der Waals surface area contributed by atoms with Crippen molar-refractivity contribution < 1.29 is 24.9 Å². The summed E-state index contributed by atoms with van der Waals surface area (Å²) in [7, 11) is 0. The van der Waals surface area contributed by atoms with E-state index in [1.807, 2.05) is 0 Å². The van der Waals surface area contributed by atoms with Crippen molar-refractivity contribution in [3.05, 3.63) is 29.3 Å². The molecule has 19 heavy (non-hydrogen) atoms. The van der Waals surface area contributed by atoms with Crippen LogP contribution in [0.25, 0.3) is 0 Å². The molecule has 6 heteroatoms. The second-order valence-corrected chi connectivity index (χ2v) is 4.49. The summed E-state index contributed by atoms with van der Waals surface area (Å²) in [6, 6.07) is 4.54. The Balaban J connectivity index is 2.33. The molecule has 1 aliphatic rings. The lowest BCUT2D eigenvalue weighted by atomic mass is 9.98. The Hall–Kier alpha value is -1.92. The molecule has 0 saturated heterocycles. The summed E-state index contributed by atoms with van der Waals surface area (Å²) >= 11 is 0. The number of amides is 1. The molecule has 0 aliphatic carbocycles. The van der Waals surface area contributed by atoms with E-state index in [0.717, 1.165) is 5.56 Å². The number of hydrogen-bond donors (Lipinski definition) is 3. The van der Waals surface area contributed by atoms with Crippen molar-refractivity contribution in [2.24, 2.45) is 0 Å². The lowest BCUT2D eigenvalue weighted by molar-refractivity contribution is -0.119. The molecular formula is C13H15NO5. The van der Waals surface area contributed by atoms with Crippen LogP contribution >= 0.6 is 0 Å². The van der Waals surface area contributed by atoms with E-state index in [-0.39, 0.29) is 24.4 Å². The lowest BCUT2D eigenvalue weighted by Crippen LogP contribution is -2.41. The van der Waals surface area contributed by atoms with E-state index in [9.17, 15) is 14.7 Å². The maximum absolute atomic E-state index is 11.8. The minimum atomic E-state index is -1.01. The third-order valence-corrected chi connectivity index (χ3v) is 3.13. The first-order valence-electron chi connectivity index (χ1n) is 5.98. The van der Waals surface area contributed by atoms with E-state index < -0.39 is 18.7 Å². The van der Waals surface area contributed by atoms with Gasteiger partial charge in [0.2, 0.25) is 5.91 Å². The van der Waals surface area contributed by atoms with E-state index >= 15 is 0 Å². The smallest absolute Gasteiger partial charge is 0.335 e. The Morgan fingerprint density at radius 2 is 2.11 bits per heavy atom. The molecule has 1 unspecified atom stereocenters. The fourth-order valence-corrected chi connectivity index (χ4v) is 2.16. The van der Waals surface area contributed by atoms with Crippen molar-refractivity contribution in [1.82, 2.24) is 0 Å². The van der Waals surface area contributed by atoms with Gasteiger partial charge in [-0.3, -0.25) is 4.79 Å². The number of nitrogens with zero attached hydrogens (tertiary/aromatic N) is 1. The van der Waals surface area contributed by atoms with E-state index in [4.69, 9.17) is 10.2 Å². The third kappa shape index (κ3) is 2.74. The van der Waals surface area contributed by atoms with Gasteiger partial charge in [0, 0.05) is 12.1 Å². The van der Waals surface area contributed by atoms with Crippen LogP contribution in [-0.4, -0.2) is 46.5 Å². The molecule has 2 rings (SSSR count). The minimum Gasteiger partial charge on any atom is -0.478 e. The van der Waals surface area contributed by atoms with Crippen molar-refractivity contribution in [1.29, 1.82) is 0 Å². The second kappa shape index (κ2) is 5.38. The van der Waals surface area contributed by atoms with Gasteiger partial charge in [0.05, 0.1) is 24.8 Å². The highest BCUT2D eigenvalue weighted by atomic mass is 16.4. The predicted molar refractivity (Wildman–Crippen MR) is 67.2 cm³/mol. The molecule has 0 fully saturated rings. The van der Waals surface area contributed by atoms with Gasteiger partial charge in [-0.15, -0.1) is 0 Å². The summed E-state index contributed by atoms with van der Waals surface area (Å²) in [5.74, 6) is -1.15. The van der Waals surface area contributed by atoms with Crippen LogP contribution in [0.2, 0.25) is 0 Å². The molecule has 0 spiro atoms. The number of aliphatic hydroxyl groups is 2. The number of aromatic carboxylic acids is 1. The summed E-state index contributed by atoms with van der Waals surface area (Å²) in [6.45, 7) is -0.416. The largest absolute Gasteiger partial charge is 0.478 e. The molecule has 1 heterocycles. The number of carboxylic acid groups (broad SMARTS) is 1. The summed E-state index contributed by atoms with van der Waals surface area (Å²) < 4.78 is 0. The zero-order chi connectivity index (χ0) is 14.0. The number of hydrogen-bond acceptors (Lipinski definition) is 4. The summed E-state index contributed by atoms with van der Waals surface area (Å²) in [6.07, 6.45) is -0.246. The lowest BCUT2D eigenvalue weighted by Gasteiger charge is -2.30. The highest BCUT2D eigenvalue weighted by Gasteiger charge is 2.26. The van der Waals surface area contributed by atoms with Crippen molar-refractivity contribution in [3.63, 3.8) is 0 Å². The van der Waals surface area contributed by atoms with Gasteiger partial charge < -0.3 is 20.2 Å². The van der Waals surface area contributed by atoms with Crippen molar-refractivity contribution >= 4 is 17.6 Å². The minimum absolute atomic E-state index is 0.00868. The topological polar surface area (TPSA) is 98.1 Å². The number of anilines is 1. The number of β-amino-alcohol motifs (C(OH)–C–C–N with tert-alkyl or cyclic N) is 1.